The number of rotatable bonds is 3. The molecule has 1 unspecified atom stereocenters. The Balaban J connectivity index is 2.18. The Labute approximate surface area is 107 Å². The highest BCUT2D eigenvalue weighted by molar-refractivity contribution is 7.16. The van der Waals surface area contributed by atoms with Crippen LogP contribution < -0.4 is 4.90 Å². The van der Waals surface area contributed by atoms with Gasteiger partial charge in [-0.15, -0.1) is 0 Å². The Morgan fingerprint density at radius 3 is 3.06 bits per heavy atom. The second-order valence-electron chi connectivity index (χ2n) is 4.83. The summed E-state index contributed by atoms with van der Waals surface area (Å²) in [5, 5.41) is 10.2. The molecule has 0 aromatic carbocycles. The number of thiazole rings is 1. The van der Waals surface area contributed by atoms with Crippen molar-refractivity contribution in [1.29, 1.82) is 5.26 Å². The van der Waals surface area contributed by atoms with E-state index in [-0.39, 0.29) is 0 Å². The van der Waals surface area contributed by atoms with Crippen LogP contribution in [0.3, 0.4) is 0 Å². The smallest absolute Gasteiger partial charge is 0.186 e. The standard InChI is InChI=1S/C13H19N3S/c1-3-5-11-12(8-14)17-13(15-11)16-7-4-6-10(2)9-16/h10H,3-7,9H2,1-2H3. The summed E-state index contributed by atoms with van der Waals surface area (Å²) in [6.07, 6.45) is 4.53. The van der Waals surface area contributed by atoms with Crippen molar-refractivity contribution in [1.82, 2.24) is 4.98 Å². The summed E-state index contributed by atoms with van der Waals surface area (Å²) >= 11 is 1.56. The number of nitriles is 1. The summed E-state index contributed by atoms with van der Waals surface area (Å²) in [6, 6.07) is 2.28. The third-order valence-corrected chi connectivity index (χ3v) is 4.27. The third-order valence-electron chi connectivity index (χ3n) is 3.20. The molecule has 2 rings (SSSR count). The molecule has 0 aliphatic carbocycles. The van der Waals surface area contributed by atoms with Crippen molar-refractivity contribution in [3.63, 3.8) is 0 Å². The second kappa shape index (κ2) is 5.50. The summed E-state index contributed by atoms with van der Waals surface area (Å²) in [5.41, 5.74) is 0.994. The van der Waals surface area contributed by atoms with E-state index in [4.69, 9.17) is 5.26 Å². The molecule has 0 bridgehead atoms. The number of hydrogen-bond acceptors (Lipinski definition) is 4. The fourth-order valence-electron chi connectivity index (χ4n) is 2.33. The zero-order chi connectivity index (χ0) is 12.3. The quantitative estimate of drug-likeness (QED) is 0.826. The van der Waals surface area contributed by atoms with Crippen molar-refractivity contribution < 1.29 is 0 Å². The first-order chi connectivity index (χ1) is 8.24. The summed E-state index contributed by atoms with van der Waals surface area (Å²) in [5.74, 6) is 0.743. The van der Waals surface area contributed by atoms with Crippen LogP contribution in [0.1, 0.15) is 43.7 Å². The molecule has 0 saturated carbocycles. The van der Waals surface area contributed by atoms with E-state index in [0.29, 0.717) is 0 Å². The number of aromatic nitrogens is 1. The van der Waals surface area contributed by atoms with Crippen LogP contribution >= 0.6 is 11.3 Å². The molecule has 17 heavy (non-hydrogen) atoms. The molecule has 1 saturated heterocycles. The van der Waals surface area contributed by atoms with Crippen molar-refractivity contribution >= 4 is 16.5 Å². The number of hydrogen-bond donors (Lipinski definition) is 0. The summed E-state index contributed by atoms with van der Waals surface area (Å²) in [7, 11) is 0. The minimum absolute atomic E-state index is 0.743. The molecule has 2 heterocycles. The molecule has 1 aromatic rings. The molecule has 1 atom stereocenters. The van der Waals surface area contributed by atoms with Crippen LogP contribution in [0.2, 0.25) is 0 Å². The van der Waals surface area contributed by atoms with Gasteiger partial charge in [0.05, 0.1) is 5.69 Å². The maximum atomic E-state index is 9.11. The van der Waals surface area contributed by atoms with Crippen molar-refractivity contribution in [3.8, 4) is 6.07 Å². The van der Waals surface area contributed by atoms with E-state index in [9.17, 15) is 0 Å². The van der Waals surface area contributed by atoms with E-state index in [1.165, 1.54) is 12.8 Å². The second-order valence-corrected chi connectivity index (χ2v) is 5.80. The zero-order valence-electron chi connectivity index (χ0n) is 10.6. The van der Waals surface area contributed by atoms with E-state index < -0.39 is 0 Å². The zero-order valence-corrected chi connectivity index (χ0v) is 11.4. The molecule has 4 heteroatoms. The van der Waals surface area contributed by atoms with Crippen LogP contribution in [-0.4, -0.2) is 18.1 Å². The number of aryl methyl sites for hydroxylation is 1. The summed E-state index contributed by atoms with van der Waals surface area (Å²) in [4.78, 5) is 7.80. The van der Waals surface area contributed by atoms with Gasteiger partial charge < -0.3 is 4.90 Å². The van der Waals surface area contributed by atoms with E-state index in [2.05, 4.69) is 29.8 Å². The van der Waals surface area contributed by atoms with Crippen LogP contribution in [0.4, 0.5) is 5.13 Å². The fourth-order valence-corrected chi connectivity index (χ4v) is 3.28. The van der Waals surface area contributed by atoms with Gasteiger partial charge in [-0.1, -0.05) is 31.6 Å². The molecule has 1 aromatic heterocycles. The molecule has 3 nitrogen and oxygen atoms in total. The van der Waals surface area contributed by atoms with Gasteiger partial charge >= 0.3 is 0 Å². The topological polar surface area (TPSA) is 39.9 Å². The predicted molar refractivity (Wildman–Crippen MR) is 71.4 cm³/mol. The average Bonchev–Trinajstić information content (AvgIpc) is 2.73. The molecule has 1 fully saturated rings. The highest BCUT2D eigenvalue weighted by Gasteiger charge is 2.20. The molecule has 0 spiro atoms. The molecular weight excluding hydrogens is 230 g/mol. The highest BCUT2D eigenvalue weighted by Crippen LogP contribution is 2.29. The van der Waals surface area contributed by atoms with Gasteiger partial charge in [0, 0.05) is 13.1 Å². The van der Waals surface area contributed by atoms with Crippen molar-refractivity contribution in [3.05, 3.63) is 10.6 Å². The lowest BCUT2D eigenvalue weighted by Gasteiger charge is -2.30. The van der Waals surface area contributed by atoms with Crippen molar-refractivity contribution in [2.75, 3.05) is 18.0 Å². The lowest BCUT2D eigenvalue weighted by Crippen LogP contribution is -2.34. The maximum Gasteiger partial charge on any atom is 0.186 e. The van der Waals surface area contributed by atoms with Gasteiger partial charge in [0.15, 0.2) is 5.13 Å². The fraction of sp³-hybridized carbons (Fsp3) is 0.692. The average molecular weight is 249 g/mol. The first-order valence-electron chi connectivity index (χ1n) is 6.39. The van der Waals surface area contributed by atoms with Gasteiger partial charge in [0.2, 0.25) is 0 Å². The van der Waals surface area contributed by atoms with Crippen molar-refractivity contribution in [2.24, 2.45) is 5.92 Å². The molecule has 0 amide bonds. The van der Waals surface area contributed by atoms with E-state index in [0.717, 1.165) is 47.6 Å². The molecule has 0 N–H and O–H groups in total. The Morgan fingerprint density at radius 2 is 2.41 bits per heavy atom. The lowest BCUT2D eigenvalue weighted by atomic mass is 10.0. The largest absolute Gasteiger partial charge is 0.348 e. The maximum absolute atomic E-state index is 9.11. The van der Waals surface area contributed by atoms with E-state index in [1.807, 2.05) is 0 Å². The highest BCUT2D eigenvalue weighted by atomic mass is 32.1. The van der Waals surface area contributed by atoms with Crippen LogP contribution in [0.5, 0.6) is 0 Å². The minimum atomic E-state index is 0.743. The Morgan fingerprint density at radius 1 is 1.59 bits per heavy atom. The Hall–Kier alpha value is -1.08. The molecule has 1 aliphatic heterocycles. The first kappa shape index (κ1) is 12.4. The first-order valence-corrected chi connectivity index (χ1v) is 7.21. The monoisotopic (exact) mass is 249 g/mol. The van der Waals surface area contributed by atoms with Crippen LogP contribution in [0, 0.1) is 17.2 Å². The molecule has 1 aliphatic rings. The Bertz CT molecular complexity index is 419. The third kappa shape index (κ3) is 2.78. The normalized spacial score (nSPS) is 20.3. The van der Waals surface area contributed by atoms with Gasteiger partial charge in [0.25, 0.3) is 0 Å². The number of piperidine rings is 1. The number of nitrogens with zero attached hydrogens (tertiary/aromatic N) is 3. The molecular formula is C13H19N3S. The van der Waals surface area contributed by atoms with Crippen LogP contribution in [0.15, 0.2) is 0 Å². The van der Waals surface area contributed by atoms with Crippen LogP contribution in [0.25, 0.3) is 0 Å². The van der Waals surface area contributed by atoms with Gasteiger partial charge in [-0.3, -0.25) is 0 Å². The van der Waals surface area contributed by atoms with Gasteiger partial charge in [-0.2, -0.15) is 5.26 Å². The lowest BCUT2D eigenvalue weighted by molar-refractivity contribution is 0.446. The molecule has 92 valence electrons. The summed E-state index contributed by atoms with van der Waals surface area (Å²) < 4.78 is 0. The van der Waals surface area contributed by atoms with E-state index in [1.54, 1.807) is 11.3 Å². The van der Waals surface area contributed by atoms with Crippen molar-refractivity contribution in [2.45, 2.75) is 39.5 Å². The minimum Gasteiger partial charge on any atom is -0.348 e. The SMILES string of the molecule is CCCc1nc(N2CCCC(C)C2)sc1C#N. The van der Waals surface area contributed by atoms with Gasteiger partial charge in [-0.05, 0) is 25.2 Å². The Kier molecular flexibility index (Phi) is 4.01. The van der Waals surface area contributed by atoms with E-state index >= 15 is 0 Å². The summed E-state index contributed by atoms with van der Waals surface area (Å²) in [6.45, 7) is 6.60. The van der Waals surface area contributed by atoms with Gasteiger partial charge in [0.1, 0.15) is 10.9 Å². The number of anilines is 1. The van der Waals surface area contributed by atoms with Crippen LogP contribution in [-0.2, 0) is 6.42 Å². The predicted octanol–water partition coefficient (Wildman–Crippen LogP) is 3.20. The molecule has 0 radical (unpaired) electrons. The van der Waals surface area contributed by atoms with Gasteiger partial charge in [-0.25, -0.2) is 4.98 Å².